The Bertz CT molecular complexity index is 1090. The third-order valence-electron chi connectivity index (χ3n) is 6.25. The van der Waals surface area contributed by atoms with Crippen LogP contribution in [0.25, 0.3) is 11.3 Å². The zero-order valence-electron chi connectivity index (χ0n) is 16.3. The number of aryl methyl sites for hydroxylation is 1. The van der Waals surface area contributed by atoms with Gasteiger partial charge in [0.1, 0.15) is 0 Å². The fourth-order valence-corrected chi connectivity index (χ4v) is 5.00. The minimum absolute atomic E-state index is 0.348. The van der Waals surface area contributed by atoms with Crippen molar-refractivity contribution in [3.8, 4) is 11.3 Å². The molecular weight excluding hydrogens is 340 g/mol. The lowest BCUT2D eigenvalue weighted by Gasteiger charge is -2.31. The SMILES string of the molecule is C=C1CC2C(CCc3ccccc3/C(C)=N\1)c1ccccc1-c1cccc[n+]12. The molecular formula is C26H25N2+. The fraction of sp³-hybridized carbons (Fsp3) is 0.231. The third-order valence-corrected chi connectivity index (χ3v) is 6.25. The van der Waals surface area contributed by atoms with Gasteiger partial charge in [-0.2, -0.15) is 4.57 Å². The van der Waals surface area contributed by atoms with E-state index in [2.05, 4.69) is 91.0 Å². The Hall–Kier alpha value is -3.00. The first-order valence-corrected chi connectivity index (χ1v) is 10.1. The lowest BCUT2D eigenvalue weighted by molar-refractivity contribution is -0.718. The third kappa shape index (κ3) is 2.80. The van der Waals surface area contributed by atoms with Gasteiger partial charge in [-0.15, -0.1) is 0 Å². The molecule has 28 heavy (non-hydrogen) atoms. The molecule has 0 saturated heterocycles. The van der Waals surface area contributed by atoms with Crippen molar-refractivity contribution < 1.29 is 4.57 Å². The van der Waals surface area contributed by atoms with Gasteiger partial charge in [-0.1, -0.05) is 49.0 Å². The lowest BCUT2D eigenvalue weighted by Crippen LogP contribution is -2.47. The van der Waals surface area contributed by atoms with E-state index in [0.29, 0.717) is 12.0 Å². The van der Waals surface area contributed by atoms with Crippen LogP contribution in [0.2, 0.25) is 0 Å². The second-order valence-corrected chi connectivity index (χ2v) is 7.92. The molecule has 0 fully saturated rings. The van der Waals surface area contributed by atoms with Gasteiger partial charge in [0.2, 0.25) is 5.69 Å². The highest BCUT2D eigenvalue weighted by Crippen LogP contribution is 2.43. The molecule has 2 aliphatic rings. The number of fused-ring (bicyclic) bond motifs is 7. The zero-order valence-corrected chi connectivity index (χ0v) is 16.3. The van der Waals surface area contributed by atoms with E-state index < -0.39 is 0 Å². The topological polar surface area (TPSA) is 16.2 Å². The Morgan fingerprint density at radius 1 is 0.929 bits per heavy atom. The van der Waals surface area contributed by atoms with Crippen LogP contribution in [-0.2, 0) is 6.42 Å². The van der Waals surface area contributed by atoms with E-state index in [1.54, 1.807) is 0 Å². The van der Waals surface area contributed by atoms with Crippen molar-refractivity contribution in [2.24, 2.45) is 4.99 Å². The van der Waals surface area contributed by atoms with Crippen LogP contribution in [0.1, 0.15) is 48.4 Å². The summed E-state index contributed by atoms with van der Waals surface area (Å²) in [5.74, 6) is 0.453. The van der Waals surface area contributed by atoms with Gasteiger partial charge < -0.3 is 0 Å². The highest BCUT2D eigenvalue weighted by atomic mass is 15.0. The molecule has 0 saturated carbocycles. The van der Waals surface area contributed by atoms with E-state index in [4.69, 9.17) is 4.99 Å². The molecule has 0 spiro atoms. The Morgan fingerprint density at radius 2 is 1.68 bits per heavy atom. The standard InChI is InChI=1S/C26H25N2/c1-18-17-26-24(15-14-20-9-3-4-10-21(20)19(2)27-18)22-11-5-6-12-23(22)25-13-7-8-16-28(25)26/h3-13,16,24,26H,1,14-15,17H2,2H3/q+1/b27-19-. The van der Waals surface area contributed by atoms with E-state index in [1.165, 1.54) is 27.9 Å². The van der Waals surface area contributed by atoms with Gasteiger partial charge in [0.25, 0.3) is 0 Å². The average molecular weight is 366 g/mol. The van der Waals surface area contributed by atoms with Crippen LogP contribution >= 0.6 is 0 Å². The lowest BCUT2D eigenvalue weighted by atomic mass is 9.77. The number of aromatic nitrogens is 1. The monoisotopic (exact) mass is 365 g/mol. The van der Waals surface area contributed by atoms with Crippen molar-refractivity contribution in [2.75, 3.05) is 0 Å². The summed E-state index contributed by atoms with van der Waals surface area (Å²) < 4.78 is 2.45. The van der Waals surface area contributed by atoms with Crippen molar-refractivity contribution in [1.29, 1.82) is 0 Å². The summed E-state index contributed by atoms with van der Waals surface area (Å²) in [6, 6.07) is 24.5. The molecule has 2 unspecified atom stereocenters. The zero-order chi connectivity index (χ0) is 19.1. The molecule has 2 aromatic carbocycles. The number of rotatable bonds is 0. The van der Waals surface area contributed by atoms with Gasteiger partial charge in [-0.25, -0.2) is 0 Å². The summed E-state index contributed by atoms with van der Waals surface area (Å²) >= 11 is 0. The maximum Gasteiger partial charge on any atom is 0.213 e. The molecule has 0 radical (unpaired) electrons. The van der Waals surface area contributed by atoms with Crippen LogP contribution in [0, 0.1) is 0 Å². The van der Waals surface area contributed by atoms with Crippen molar-refractivity contribution in [2.45, 2.75) is 38.1 Å². The maximum absolute atomic E-state index is 4.91. The minimum Gasteiger partial charge on any atom is -0.258 e. The smallest absolute Gasteiger partial charge is 0.213 e. The summed E-state index contributed by atoms with van der Waals surface area (Å²) in [7, 11) is 0. The van der Waals surface area contributed by atoms with E-state index >= 15 is 0 Å². The van der Waals surface area contributed by atoms with Gasteiger partial charge in [-0.05, 0) is 48.6 Å². The highest BCUT2D eigenvalue weighted by molar-refractivity contribution is 6.00. The number of aliphatic imine (C=N–C) groups is 1. The predicted molar refractivity (Wildman–Crippen MR) is 115 cm³/mol. The second-order valence-electron chi connectivity index (χ2n) is 7.92. The maximum atomic E-state index is 4.91. The molecule has 1 aromatic heterocycles. The Balaban J connectivity index is 1.68. The van der Waals surface area contributed by atoms with Gasteiger partial charge in [0.15, 0.2) is 12.2 Å². The molecule has 2 atom stereocenters. The Morgan fingerprint density at radius 3 is 2.57 bits per heavy atom. The average Bonchev–Trinajstić information content (AvgIpc) is 2.73. The van der Waals surface area contributed by atoms with Gasteiger partial charge in [0.05, 0.1) is 6.42 Å². The molecule has 3 heterocycles. The number of nitrogens with zero attached hydrogens (tertiary/aromatic N) is 2. The highest BCUT2D eigenvalue weighted by Gasteiger charge is 2.39. The summed E-state index contributed by atoms with van der Waals surface area (Å²) in [4.78, 5) is 4.91. The molecule has 0 bridgehead atoms. The van der Waals surface area contributed by atoms with Crippen molar-refractivity contribution in [3.63, 3.8) is 0 Å². The number of hydrogen-bond acceptors (Lipinski definition) is 1. The van der Waals surface area contributed by atoms with Crippen LogP contribution in [0.4, 0.5) is 0 Å². The van der Waals surface area contributed by atoms with Crippen molar-refractivity contribution in [1.82, 2.24) is 0 Å². The molecule has 2 aliphatic heterocycles. The van der Waals surface area contributed by atoms with E-state index in [0.717, 1.165) is 30.7 Å². The van der Waals surface area contributed by atoms with Crippen molar-refractivity contribution in [3.05, 3.63) is 102 Å². The summed E-state index contributed by atoms with van der Waals surface area (Å²) in [6.07, 6.45) is 5.29. The number of allylic oxidation sites excluding steroid dienone is 1. The first-order chi connectivity index (χ1) is 13.7. The molecule has 5 rings (SSSR count). The molecule has 2 nitrogen and oxygen atoms in total. The van der Waals surface area contributed by atoms with Crippen LogP contribution in [0.5, 0.6) is 0 Å². The van der Waals surface area contributed by atoms with E-state index in [1.807, 2.05) is 0 Å². The van der Waals surface area contributed by atoms with Crippen LogP contribution in [0.3, 0.4) is 0 Å². The van der Waals surface area contributed by atoms with E-state index in [9.17, 15) is 0 Å². The molecule has 0 aliphatic carbocycles. The Kier molecular flexibility index (Phi) is 4.20. The summed E-state index contributed by atoms with van der Waals surface area (Å²) in [6.45, 7) is 6.44. The first kappa shape index (κ1) is 17.1. The van der Waals surface area contributed by atoms with Crippen LogP contribution in [-0.4, -0.2) is 5.71 Å². The Labute approximate surface area is 166 Å². The van der Waals surface area contributed by atoms with Gasteiger partial charge >= 0.3 is 0 Å². The minimum atomic E-state index is 0.348. The van der Waals surface area contributed by atoms with Crippen LogP contribution < -0.4 is 4.57 Å². The number of pyridine rings is 1. The van der Waals surface area contributed by atoms with E-state index in [-0.39, 0.29) is 0 Å². The quantitative estimate of drug-likeness (QED) is 0.459. The predicted octanol–water partition coefficient (Wildman–Crippen LogP) is 5.64. The summed E-state index contributed by atoms with van der Waals surface area (Å²) in [5.41, 5.74) is 8.81. The van der Waals surface area contributed by atoms with Crippen molar-refractivity contribution >= 4 is 5.71 Å². The fourth-order valence-electron chi connectivity index (χ4n) is 5.00. The van der Waals surface area contributed by atoms with Gasteiger partial charge in [0, 0.05) is 35.0 Å². The summed E-state index contributed by atoms with van der Waals surface area (Å²) in [5, 5.41) is 0. The second kappa shape index (κ2) is 6.87. The number of benzene rings is 2. The molecule has 138 valence electrons. The van der Waals surface area contributed by atoms with Gasteiger partial charge in [-0.3, -0.25) is 4.99 Å². The molecule has 2 heteroatoms. The van der Waals surface area contributed by atoms with Crippen LogP contribution in [0.15, 0.2) is 90.2 Å². The normalized spacial score (nSPS) is 22.8. The molecule has 0 N–H and O–H groups in total. The largest absolute Gasteiger partial charge is 0.258 e. The number of hydrogen-bond donors (Lipinski definition) is 0. The molecule has 0 amide bonds. The molecule has 3 aromatic rings. The first-order valence-electron chi connectivity index (χ1n) is 10.1.